The molecule has 4 nitrogen and oxygen atoms in total. The summed E-state index contributed by atoms with van der Waals surface area (Å²) in [7, 11) is 1.89. The number of urea groups is 1. The summed E-state index contributed by atoms with van der Waals surface area (Å²) in [6.45, 7) is 14.7. The molecule has 0 aromatic heterocycles. The van der Waals surface area contributed by atoms with Crippen LogP contribution >= 0.6 is 0 Å². The lowest BCUT2D eigenvalue weighted by molar-refractivity contribution is 0.0322. The maximum atomic E-state index is 12.4. The summed E-state index contributed by atoms with van der Waals surface area (Å²) < 4.78 is 0. The summed E-state index contributed by atoms with van der Waals surface area (Å²) in [6, 6.07) is 1.68. The topological polar surface area (TPSA) is 26.8 Å². The Bertz CT molecular complexity index is 291. The second kappa shape index (κ2) is 5.91. The highest BCUT2D eigenvalue weighted by atomic mass is 16.2. The fourth-order valence-corrected chi connectivity index (χ4v) is 2.56. The second-order valence-corrected chi connectivity index (χ2v) is 6.13. The minimum absolute atomic E-state index is 0.160. The van der Waals surface area contributed by atoms with Gasteiger partial charge in [0.1, 0.15) is 0 Å². The molecule has 0 saturated carbocycles. The van der Waals surface area contributed by atoms with E-state index in [-0.39, 0.29) is 18.1 Å². The minimum atomic E-state index is 0.160. The summed E-state index contributed by atoms with van der Waals surface area (Å²) in [6.07, 6.45) is 0. The van der Waals surface area contributed by atoms with Crippen LogP contribution in [-0.2, 0) is 0 Å². The zero-order valence-corrected chi connectivity index (χ0v) is 13.0. The van der Waals surface area contributed by atoms with Gasteiger partial charge in [0.15, 0.2) is 0 Å². The van der Waals surface area contributed by atoms with Crippen molar-refractivity contribution in [2.45, 2.75) is 65.7 Å². The highest BCUT2D eigenvalue weighted by Crippen LogP contribution is 2.19. The zero-order chi connectivity index (χ0) is 14.0. The molecule has 0 N–H and O–H groups in total. The van der Waals surface area contributed by atoms with Gasteiger partial charge in [0.05, 0.1) is 0 Å². The van der Waals surface area contributed by atoms with Gasteiger partial charge < -0.3 is 9.80 Å². The first-order chi connectivity index (χ1) is 8.25. The Morgan fingerprint density at radius 3 is 2.11 bits per heavy atom. The third-order valence-corrected chi connectivity index (χ3v) is 4.02. The number of carbonyl (C=O) groups excluding carboxylic acids is 1. The van der Waals surface area contributed by atoms with Gasteiger partial charge in [-0.05, 0) is 41.5 Å². The number of hydrogen-bond donors (Lipinski definition) is 0. The smallest absolute Gasteiger partial charge is 0.320 e. The average Bonchev–Trinajstić information content (AvgIpc) is 2.29. The number of nitrogens with zero attached hydrogens (tertiary/aromatic N) is 3. The lowest BCUT2D eigenvalue weighted by Crippen LogP contribution is -2.61. The molecule has 0 radical (unpaired) electrons. The molecule has 4 heteroatoms. The third-order valence-electron chi connectivity index (χ3n) is 4.02. The average molecular weight is 255 g/mol. The fraction of sp³-hybridized carbons (Fsp3) is 0.929. The molecule has 106 valence electrons. The van der Waals surface area contributed by atoms with E-state index in [0.717, 1.165) is 13.1 Å². The number of piperazine rings is 1. The molecular formula is C14H29N3O. The Hall–Kier alpha value is -0.770. The number of carbonyl (C=O) groups is 1. The van der Waals surface area contributed by atoms with Gasteiger partial charge in [-0.25, -0.2) is 4.79 Å². The van der Waals surface area contributed by atoms with Crippen molar-refractivity contribution in [1.29, 1.82) is 0 Å². The monoisotopic (exact) mass is 255 g/mol. The molecule has 0 bridgehead atoms. The predicted molar refractivity (Wildman–Crippen MR) is 75.8 cm³/mol. The van der Waals surface area contributed by atoms with Crippen molar-refractivity contribution in [3.8, 4) is 0 Å². The zero-order valence-electron chi connectivity index (χ0n) is 13.0. The highest BCUT2D eigenvalue weighted by Gasteiger charge is 2.34. The van der Waals surface area contributed by atoms with Crippen molar-refractivity contribution in [2.24, 2.45) is 0 Å². The van der Waals surface area contributed by atoms with Crippen molar-refractivity contribution in [3.63, 3.8) is 0 Å². The summed E-state index contributed by atoms with van der Waals surface area (Å²) in [5.74, 6) is 0. The van der Waals surface area contributed by atoms with Crippen LogP contribution in [0.1, 0.15) is 41.5 Å². The molecular weight excluding hydrogens is 226 g/mol. The lowest BCUT2D eigenvalue weighted by Gasteiger charge is -2.47. The van der Waals surface area contributed by atoms with Gasteiger partial charge in [-0.2, -0.15) is 0 Å². The number of amides is 2. The molecule has 1 fully saturated rings. The molecule has 2 unspecified atom stereocenters. The molecule has 0 aromatic rings. The number of rotatable bonds is 2. The molecule has 1 heterocycles. The molecule has 0 aliphatic carbocycles. The summed E-state index contributed by atoms with van der Waals surface area (Å²) in [5.41, 5.74) is 0. The van der Waals surface area contributed by atoms with E-state index >= 15 is 0 Å². The van der Waals surface area contributed by atoms with E-state index in [1.807, 2.05) is 16.8 Å². The maximum absolute atomic E-state index is 12.4. The first kappa shape index (κ1) is 15.3. The van der Waals surface area contributed by atoms with E-state index in [4.69, 9.17) is 0 Å². The third kappa shape index (κ3) is 3.16. The summed E-state index contributed by atoms with van der Waals surface area (Å²) in [4.78, 5) is 18.7. The quantitative estimate of drug-likeness (QED) is 0.756. The standard InChI is InChI=1S/C14H29N3O/c1-10(2)15(7)14(18)17-9-12(5)16(11(3)4)8-13(17)6/h10-13H,8-9H2,1-7H3. The van der Waals surface area contributed by atoms with Gasteiger partial charge in [-0.15, -0.1) is 0 Å². The Balaban J connectivity index is 2.73. The van der Waals surface area contributed by atoms with Crippen molar-refractivity contribution in [2.75, 3.05) is 20.1 Å². The van der Waals surface area contributed by atoms with Crippen molar-refractivity contribution >= 4 is 6.03 Å². The van der Waals surface area contributed by atoms with Gasteiger partial charge in [0.25, 0.3) is 0 Å². The summed E-state index contributed by atoms with van der Waals surface area (Å²) >= 11 is 0. The molecule has 2 atom stereocenters. The fourth-order valence-electron chi connectivity index (χ4n) is 2.56. The Morgan fingerprint density at radius 2 is 1.67 bits per heavy atom. The van der Waals surface area contributed by atoms with Crippen LogP contribution in [0.2, 0.25) is 0 Å². The largest absolute Gasteiger partial charge is 0.325 e. The lowest BCUT2D eigenvalue weighted by atomic mass is 10.1. The first-order valence-corrected chi connectivity index (χ1v) is 7.04. The normalized spacial score (nSPS) is 25.9. The minimum Gasteiger partial charge on any atom is -0.325 e. The van der Waals surface area contributed by atoms with E-state index in [0.29, 0.717) is 12.1 Å². The van der Waals surface area contributed by atoms with Gasteiger partial charge in [-0.1, -0.05) is 0 Å². The van der Waals surface area contributed by atoms with Crippen molar-refractivity contribution < 1.29 is 4.79 Å². The predicted octanol–water partition coefficient (Wildman–Crippen LogP) is 2.25. The Kier molecular flexibility index (Phi) is 5.02. The van der Waals surface area contributed by atoms with Crippen LogP contribution in [0.4, 0.5) is 4.79 Å². The van der Waals surface area contributed by atoms with Crippen molar-refractivity contribution in [3.05, 3.63) is 0 Å². The van der Waals surface area contributed by atoms with Crippen LogP contribution in [0.3, 0.4) is 0 Å². The molecule has 1 aliphatic rings. The molecule has 2 amide bonds. The second-order valence-electron chi connectivity index (χ2n) is 6.13. The SMILES string of the molecule is CC(C)N(C)C(=O)N1CC(C)N(C(C)C)CC1C. The molecule has 1 rings (SSSR count). The Labute approximate surface area is 112 Å². The van der Waals surface area contributed by atoms with Crippen LogP contribution in [0.5, 0.6) is 0 Å². The highest BCUT2D eigenvalue weighted by molar-refractivity contribution is 5.75. The van der Waals surface area contributed by atoms with Gasteiger partial charge >= 0.3 is 6.03 Å². The van der Waals surface area contributed by atoms with Gasteiger partial charge in [0, 0.05) is 44.3 Å². The van der Waals surface area contributed by atoms with E-state index in [2.05, 4.69) is 46.4 Å². The van der Waals surface area contributed by atoms with E-state index in [9.17, 15) is 4.79 Å². The van der Waals surface area contributed by atoms with Gasteiger partial charge in [-0.3, -0.25) is 4.90 Å². The molecule has 0 aromatic carbocycles. The molecule has 0 spiro atoms. The van der Waals surface area contributed by atoms with Crippen LogP contribution < -0.4 is 0 Å². The Morgan fingerprint density at radius 1 is 1.11 bits per heavy atom. The summed E-state index contributed by atoms with van der Waals surface area (Å²) in [5, 5.41) is 0. The maximum Gasteiger partial charge on any atom is 0.320 e. The van der Waals surface area contributed by atoms with Crippen LogP contribution in [-0.4, -0.2) is 65.0 Å². The van der Waals surface area contributed by atoms with E-state index in [1.165, 1.54) is 0 Å². The number of hydrogen-bond acceptors (Lipinski definition) is 2. The van der Waals surface area contributed by atoms with Crippen LogP contribution in [0.25, 0.3) is 0 Å². The van der Waals surface area contributed by atoms with Gasteiger partial charge in [0.2, 0.25) is 0 Å². The van der Waals surface area contributed by atoms with E-state index in [1.54, 1.807) is 0 Å². The van der Waals surface area contributed by atoms with E-state index < -0.39 is 0 Å². The first-order valence-electron chi connectivity index (χ1n) is 7.04. The molecule has 1 aliphatic heterocycles. The van der Waals surface area contributed by atoms with Crippen LogP contribution in [0.15, 0.2) is 0 Å². The molecule has 18 heavy (non-hydrogen) atoms. The molecule has 1 saturated heterocycles. The van der Waals surface area contributed by atoms with Crippen molar-refractivity contribution in [1.82, 2.24) is 14.7 Å². The van der Waals surface area contributed by atoms with Crippen LogP contribution in [0, 0.1) is 0 Å².